The second kappa shape index (κ2) is 50.2. The summed E-state index contributed by atoms with van der Waals surface area (Å²) in [5.41, 5.74) is 16.3. The number of carbonyl (C=O) groups excluding carboxylic acids is 5. The van der Waals surface area contributed by atoms with Crippen LogP contribution in [0.1, 0.15) is 249 Å². The molecule has 4 aliphatic rings. The Hall–Kier alpha value is -13.7. The Labute approximate surface area is 868 Å². The molecule has 8 heterocycles. The minimum Gasteiger partial charge on any atom is -0.870 e. The molecule has 14 aromatic rings. The molecule has 0 aliphatic heterocycles. The normalized spacial score (nSPS) is 13.8. The quantitative estimate of drug-likeness (QED) is 0.0124. The molecular weight excluding hydrogens is 1880 g/mol. The number of nitrogen functional groups attached to an aromatic ring is 2. The minimum atomic E-state index is -0.968. The number of amides is 3. The van der Waals surface area contributed by atoms with E-state index in [2.05, 4.69) is 30.2 Å². The maximum Gasteiger partial charge on any atom is 1.00 e. The SMILES string of the molecule is C.C.COC(=O)Nc1cc(C(CCC2CC2)n2ccccc2=O)ccc1F.Cc1cc(C(=O)Cc2cc(C(CCC3CC3)n3ccccc3=O)ccc2F)n(-c2ccc3ccnc(N(C(=O)OC(C)(C)C)C(=O)OC(C)(C)C)c3c2)n1.Cc1cc(C(=O)Cc2cc(C(CCC3CC3)n3ccccc3=O)ccc2F)n(-c2ccc3ccnc(N)c3c2)n1.Cl.Nc1cc(C(CCC2CC2)n2ccccc2=O)ccc1F.[Na+].[OH-]. The third kappa shape index (κ3) is 29.8. The summed E-state index contributed by atoms with van der Waals surface area (Å²) in [4.78, 5) is 125. The number of carbonyl (C=O) groups is 5. The van der Waals surface area contributed by atoms with Gasteiger partial charge in [0.15, 0.2) is 17.4 Å². The average molecular weight is 2010 g/mol. The van der Waals surface area contributed by atoms with Crippen molar-refractivity contribution in [2.24, 2.45) is 23.7 Å². The van der Waals surface area contributed by atoms with Crippen molar-refractivity contribution in [1.82, 2.24) is 47.8 Å². The zero-order valence-corrected chi connectivity index (χ0v) is 84.6. The van der Waals surface area contributed by atoms with Crippen LogP contribution in [0.5, 0.6) is 0 Å². The maximum atomic E-state index is 15.4. The first-order valence-corrected chi connectivity index (χ1v) is 47.5. The Morgan fingerprint density at radius 1 is 0.441 bits per heavy atom. The molecule has 4 saturated carbocycles. The number of nitrogens with one attached hydrogen (secondary N) is 1. The molecule has 4 fully saturated rings. The topological polar surface area (TPSA) is 360 Å². The number of Topliss-reactive ketones (excluding diaryl/α,β-unsaturated/α-hetero) is 2. The second-order valence-corrected chi connectivity index (χ2v) is 38.6. The summed E-state index contributed by atoms with van der Waals surface area (Å²) < 4.78 is 83.4. The fraction of sp³-hybridized carbons (Fsp3) is 0.348. The van der Waals surface area contributed by atoms with Crippen LogP contribution in [0.2, 0.25) is 0 Å². The van der Waals surface area contributed by atoms with E-state index < -0.39 is 52.8 Å². The van der Waals surface area contributed by atoms with Gasteiger partial charge in [-0.1, -0.05) is 139 Å². The number of rotatable bonds is 30. The van der Waals surface area contributed by atoms with Crippen LogP contribution in [0, 0.1) is 60.8 Å². The number of nitrogens with zero attached hydrogens (tertiary/aromatic N) is 11. The molecular formula is C112H126ClF4N14NaO13. The van der Waals surface area contributed by atoms with E-state index in [1.54, 1.807) is 224 Å². The van der Waals surface area contributed by atoms with E-state index in [-0.39, 0.29) is 162 Å². The predicted molar refractivity (Wildman–Crippen MR) is 555 cm³/mol. The van der Waals surface area contributed by atoms with Gasteiger partial charge >= 0.3 is 47.8 Å². The number of benzene rings is 6. The van der Waals surface area contributed by atoms with E-state index in [1.165, 1.54) is 112 Å². The molecule has 758 valence electrons. The van der Waals surface area contributed by atoms with Gasteiger partial charge in [-0.15, -0.1) is 12.4 Å². The van der Waals surface area contributed by atoms with Crippen molar-refractivity contribution in [1.29, 1.82) is 0 Å². The second-order valence-electron chi connectivity index (χ2n) is 38.6. The molecule has 0 saturated heterocycles. The van der Waals surface area contributed by atoms with E-state index >= 15 is 8.78 Å². The molecule has 27 nitrogen and oxygen atoms in total. The number of ether oxygens (including phenoxy) is 3. The summed E-state index contributed by atoms with van der Waals surface area (Å²) in [6, 6.07) is 56.1. The van der Waals surface area contributed by atoms with Gasteiger partial charge < -0.3 is 49.4 Å². The average Bonchev–Trinajstić information content (AvgIpc) is 1.56. The molecule has 4 unspecified atom stereocenters. The molecule has 145 heavy (non-hydrogen) atoms. The number of nitrogens with two attached hydrogens (primary N) is 2. The van der Waals surface area contributed by atoms with E-state index in [1.807, 2.05) is 49.4 Å². The summed E-state index contributed by atoms with van der Waals surface area (Å²) in [6.07, 6.45) is 24.1. The number of fused-ring (bicyclic) bond motifs is 2. The smallest absolute Gasteiger partial charge is 0.870 e. The largest absolute Gasteiger partial charge is 1.00 e. The molecule has 3 amide bonds. The van der Waals surface area contributed by atoms with E-state index in [4.69, 9.17) is 20.9 Å². The Kier molecular flexibility index (Phi) is 39.2. The van der Waals surface area contributed by atoms with Gasteiger partial charge in [-0.25, -0.2) is 51.3 Å². The van der Waals surface area contributed by atoms with E-state index in [9.17, 15) is 51.9 Å². The van der Waals surface area contributed by atoms with Gasteiger partial charge in [0.2, 0.25) is 0 Å². The number of hydrogen-bond donors (Lipinski definition) is 3. The van der Waals surface area contributed by atoms with Crippen molar-refractivity contribution >= 4 is 86.8 Å². The Morgan fingerprint density at radius 2 is 0.786 bits per heavy atom. The van der Waals surface area contributed by atoms with Crippen molar-refractivity contribution in [2.75, 3.05) is 28.8 Å². The molecule has 8 aromatic heterocycles. The molecule has 33 heteroatoms. The molecule has 4 atom stereocenters. The van der Waals surface area contributed by atoms with E-state index in [0.29, 0.717) is 62.4 Å². The van der Waals surface area contributed by atoms with Crippen molar-refractivity contribution in [3.05, 3.63) is 364 Å². The van der Waals surface area contributed by atoms with Crippen LogP contribution in [0.15, 0.2) is 263 Å². The van der Waals surface area contributed by atoms with Gasteiger partial charge in [0.1, 0.15) is 51.7 Å². The van der Waals surface area contributed by atoms with Gasteiger partial charge in [-0.2, -0.15) is 15.1 Å². The van der Waals surface area contributed by atoms with Gasteiger partial charge in [-0.05, 0) is 284 Å². The van der Waals surface area contributed by atoms with Crippen molar-refractivity contribution in [3.63, 3.8) is 0 Å². The zero-order valence-electron chi connectivity index (χ0n) is 81.8. The Morgan fingerprint density at radius 3 is 1.14 bits per heavy atom. The third-order valence-corrected chi connectivity index (χ3v) is 25.3. The van der Waals surface area contributed by atoms with Crippen LogP contribution in [-0.4, -0.2) is 101 Å². The number of aromatic nitrogens is 10. The van der Waals surface area contributed by atoms with Gasteiger partial charge in [0, 0.05) is 85.1 Å². The van der Waals surface area contributed by atoms with Crippen LogP contribution in [0.4, 0.5) is 55.0 Å². The molecule has 6 N–H and O–H groups in total. The summed E-state index contributed by atoms with van der Waals surface area (Å²) in [5.74, 6) is 0.606. The first-order chi connectivity index (χ1) is 67.1. The van der Waals surface area contributed by atoms with Crippen molar-refractivity contribution in [2.45, 2.75) is 221 Å². The molecule has 0 bridgehead atoms. The Balaban J connectivity index is 0.000000208. The Bertz CT molecular complexity index is 7150. The number of imide groups is 1. The molecule has 6 aromatic carbocycles. The summed E-state index contributed by atoms with van der Waals surface area (Å²) in [7, 11) is 1.22. The van der Waals surface area contributed by atoms with Crippen molar-refractivity contribution < 1.29 is 90.8 Å². The maximum absolute atomic E-state index is 15.4. The summed E-state index contributed by atoms with van der Waals surface area (Å²) >= 11 is 0. The summed E-state index contributed by atoms with van der Waals surface area (Å²) in [6.45, 7) is 13.7. The number of aryl methyl sites for hydroxylation is 2. The molecule has 18 rings (SSSR count). The van der Waals surface area contributed by atoms with Crippen LogP contribution >= 0.6 is 12.4 Å². The number of halogens is 5. The number of hydrogen-bond acceptors (Lipinski definition) is 19. The molecule has 0 spiro atoms. The van der Waals surface area contributed by atoms with Gasteiger partial charge in [-0.3, -0.25) is 34.1 Å². The van der Waals surface area contributed by atoms with Crippen LogP contribution in [0.3, 0.4) is 0 Å². The first kappa shape index (κ1) is 113. The standard InChI is InChI=1S/C42H46FN5O6.C32H30FN5O2.C19H21FN2O3.C17H19FN2O.2CH4.ClH.Na.H2O/c1-26-22-35(36(49)24-30-23-29(15-17-33(30)43)34(18-13-27-11-12-27)46-21-9-8-10-37(46)50)48(45-26)31-16-14-28-19-20-44-38(32(28)25-31)47(39(51)53-41(2,3)4)40(52)54-42(5,6)7;1-20-16-29(38(36-20)25-10-8-22-13-14-35-32(34)26(22)19-25)30(39)18-24-17-23(9-11-27(24)33)28(12-7-21-5-6-21)37-15-3-2-4-31(37)40;1-25-19(24)21-16-12-14(8-9-15(16)20)17(10-7-13-5-6-13)22-11-3-2-4-18(22)23;18-14-8-7-13(11-15(14)19)16(9-6-12-4-5-12)20-10-2-1-3-17(20)21;;;;;/h8-10,14-17,19-23,25,27,34H,11-13,18,24H2,1-7H3;2-4,8-11,13-17,19,21,28H,5-7,12,18H2,1H3,(H2,34,35);2-4,8-9,11-13,17H,5-7,10H2,1H3,(H,21,24);1-3,7-8,10-12,16H,4-6,9,19H2;2*1H4;1H;;1H2/q;;;;;;;+1;/p-1. The molecule has 0 radical (unpaired) electrons. The molecule has 4 aliphatic carbocycles. The fourth-order valence-electron chi connectivity index (χ4n) is 17.4. The zero-order chi connectivity index (χ0) is 99.4. The third-order valence-electron chi connectivity index (χ3n) is 25.3. The van der Waals surface area contributed by atoms with Gasteiger partial charge in [0.05, 0.1) is 65.4 Å². The van der Waals surface area contributed by atoms with Crippen LogP contribution in [0.25, 0.3) is 32.9 Å². The van der Waals surface area contributed by atoms with Gasteiger partial charge in [0.25, 0.3) is 22.2 Å². The summed E-state index contributed by atoms with van der Waals surface area (Å²) in [5, 5.41) is 14.3. The monoisotopic (exact) mass is 2010 g/mol. The van der Waals surface area contributed by atoms with Crippen LogP contribution < -0.4 is 73.5 Å². The minimum absolute atomic E-state index is 0. The fourth-order valence-corrected chi connectivity index (χ4v) is 17.4. The first-order valence-electron chi connectivity index (χ1n) is 47.5. The number of pyridine rings is 6. The number of ketones is 2. The van der Waals surface area contributed by atoms with E-state index in [0.717, 1.165) is 101 Å². The predicted octanol–water partition coefficient (Wildman–Crippen LogP) is 20.5. The number of methoxy groups -OCH3 is 1. The van der Waals surface area contributed by atoms with Crippen LogP contribution in [-0.2, 0) is 27.1 Å². The van der Waals surface area contributed by atoms with Crippen molar-refractivity contribution in [3.8, 4) is 11.4 Å². The number of anilines is 4.